The van der Waals surface area contributed by atoms with Crippen LogP contribution in [0.2, 0.25) is 0 Å². The van der Waals surface area contributed by atoms with Crippen LogP contribution in [0.4, 0.5) is 0 Å². The van der Waals surface area contributed by atoms with E-state index in [9.17, 15) is 9.59 Å². The normalized spacial score (nSPS) is 11.5. The lowest BCUT2D eigenvalue weighted by molar-refractivity contribution is 0.0318. The molecule has 0 bridgehead atoms. The molecule has 132 valence electrons. The van der Waals surface area contributed by atoms with Crippen LogP contribution in [-0.2, 0) is 4.74 Å². The minimum Gasteiger partial charge on any atom is -0.490 e. The van der Waals surface area contributed by atoms with E-state index >= 15 is 0 Å². The maximum Gasteiger partial charge on any atom is 0.338 e. The third-order valence-corrected chi connectivity index (χ3v) is 3.49. The Morgan fingerprint density at radius 1 is 0.880 bits per heavy atom. The molecule has 0 fully saturated rings. The summed E-state index contributed by atoms with van der Waals surface area (Å²) in [5, 5.41) is 0. The SMILES string of the molecule is CCOc1ccc(C(=O)OC(C)C(=O)c2ccccc2)cc1OCC. The van der Waals surface area contributed by atoms with Crippen LogP contribution in [0.5, 0.6) is 11.5 Å². The molecular formula is C20H22O5. The highest BCUT2D eigenvalue weighted by Crippen LogP contribution is 2.29. The van der Waals surface area contributed by atoms with Crippen molar-refractivity contribution in [3.05, 3.63) is 59.7 Å². The van der Waals surface area contributed by atoms with Gasteiger partial charge in [0.1, 0.15) is 0 Å². The average molecular weight is 342 g/mol. The summed E-state index contributed by atoms with van der Waals surface area (Å²) in [5.41, 5.74) is 0.809. The Hall–Kier alpha value is -2.82. The maximum absolute atomic E-state index is 12.3. The van der Waals surface area contributed by atoms with Gasteiger partial charge in [0.15, 0.2) is 17.6 Å². The monoisotopic (exact) mass is 342 g/mol. The molecule has 0 saturated carbocycles. The van der Waals surface area contributed by atoms with Crippen molar-refractivity contribution in [3.63, 3.8) is 0 Å². The Bertz CT molecular complexity index is 724. The van der Waals surface area contributed by atoms with Crippen LogP contribution in [0.1, 0.15) is 41.5 Å². The molecule has 5 nitrogen and oxygen atoms in total. The lowest BCUT2D eigenvalue weighted by Crippen LogP contribution is -2.24. The van der Waals surface area contributed by atoms with Gasteiger partial charge < -0.3 is 14.2 Å². The highest BCUT2D eigenvalue weighted by molar-refractivity contribution is 6.01. The van der Waals surface area contributed by atoms with Crippen LogP contribution < -0.4 is 9.47 Å². The molecule has 25 heavy (non-hydrogen) atoms. The summed E-state index contributed by atoms with van der Waals surface area (Å²) in [6.45, 7) is 6.22. The fourth-order valence-electron chi connectivity index (χ4n) is 2.30. The van der Waals surface area contributed by atoms with Crippen molar-refractivity contribution in [1.82, 2.24) is 0 Å². The van der Waals surface area contributed by atoms with Crippen molar-refractivity contribution in [2.75, 3.05) is 13.2 Å². The van der Waals surface area contributed by atoms with Crippen molar-refractivity contribution >= 4 is 11.8 Å². The van der Waals surface area contributed by atoms with Crippen molar-refractivity contribution < 1.29 is 23.8 Å². The highest BCUT2D eigenvalue weighted by atomic mass is 16.5. The number of hydrogen-bond acceptors (Lipinski definition) is 5. The predicted octanol–water partition coefficient (Wildman–Crippen LogP) is 3.91. The molecule has 2 aromatic carbocycles. The highest BCUT2D eigenvalue weighted by Gasteiger charge is 2.21. The van der Waals surface area contributed by atoms with Crippen LogP contribution in [0.25, 0.3) is 0 Å². The number of carbonyl (C=O) groups is 2. The molecule has 0 aliphatic rings. The maximum atomic E-state index is 12.3. The molecule has 0 N–H and O–H groups in total. The van der Waals surface area contributed by atoms with E-state index in [1.54, 1.807) is 49.4 Å². The molecule has 0 heterocycles. The van der Waals surface area contributed by atoms with Crippen molar-refractivity contribution in [1.29, 1.82) is 0 Å². The molecule has 0 aliphatic heterocycles. The number of ketones is 1. The van der Waals surface area contributed by atoms with Crippen LogP contribution in [0.15, 0.2) is 48.5 Å². The van der Waals surface area contributed by atoms with Crippen molar-refractivity contribution in [2.24, 2.45) is 0 Å². The summed E-state index contributed by atoms with van der Waals surface area (Å²) < 4.78 is 16.3. The number of rotatable bonds is 8. The van der Waals surface area contributed by atoms with Crippen LogP contribution in [0.3, 0.4) is 0 Å². The zero-order chi connectivity index (χ0) is 18.2. The first kappa shape index (κ1) is 18.5. The summed E-state index contributed by atoms with van der Waals surface area (Å²) in [5.74, 6) is 0.209. The molecule has 0 aromatic heterocycles. The fourth-order valence-corrected chi connectivity index (χ4v) is 2.30. The van der Waals surface area contributed by atoms with Gasteiger partial charge in [-0.25, -0.2) is 4.79 Å². The second-order valence-corrected chi connectivity index (χ2v) is 5.31. The van der Waals surface area contributed by atoms with Crippen molar-refractivity contribution in [3.8, 4) is 11.5 Å². The molecule has 5 heteroatoms. The summed E-state index contributed by atoms with van der Waals surface area (Å²) >= 11 is 0. The lowest BCUT2D eigenvalue weighted by Gasteiger charge is -2.14. The second kappa shape index (κ2) is 8.87. The summed E-state index contributed by atoms with van der Waals surface area (Å²) in [6, 6.07) is 13.6. The van der Waals surface area contributed by atoms with Gasteiger partial charge in [0.25, 0.3) is 0 Å². The molecule has 2 aromatic rings. The van der Waals surface area contributed by atoms with E-state index in [1.807, 2.05) is 19.9 Å². The van der Waals surface area contributed by atoms with Gasteiger partial charge >= 0.3 is 5.97 Å². The van der Waals surface area contributed by atoms with Gasteiger partial charge in [-0.15, -0.1) is 0 Å². The third kappa shape index (κ3) is 4.83. The Morgan fingerprint density at radius 2 is 1.52 bits per heavy atom. The number of carbonyl (C=O) groups excluding carboxylic acids is 2. The zero-order valence-electron chi connectivity index (χ0n) is 14.7. The van der Waals surface area contributed by atoms with Crippen LogP contribution in [-0.4, -0.2) is 31.1 Å². The van der Waals surface area contributed by atoms with Crippen LogP contribution in [0, 0.1) is 0 Å². The molecule has 0 radical (unpaired) electrons. The third-order valence-electron chi connectivity index (χ3n) is 3.49. The average Bonchev–Trinajstić information content (AvgIpc) is 2.63. The Morgan fingerprint density at radius 3 is 2.16 bits per heavy atom. The molecule has 0 saturated heterocycles. The lowest BCUT2D eigenvalue weighted by atomic mass is 10.1. The Kier molecular flexibility index (Phi) is 6.57. The molecule has 1 unspecified atom stereocenters. The minimum atomic E-state index is -0.878. The first-order chi connectivity index (χ1) is 12.1. The van der Waals surface area contributed by atoms with E-state index in [4.69, 9.17) is 14.2 Å². The molecule has 0 spiro atoms. The zero-order valence-corrected chi connectivity index (χ0v) is 14.7. The molecular weight excluding hydrogens is 320 g/mol. The van der Waals surface area contributed by atoms with E-state index in [0.717, 1.165) is 0 Å². The molecule has 0 aliphatic carbocycles. The molecule has 0 amide bonds. The standard InChI is InChI=1S/C20H22O5/c1-4-23-17-12-11-16(13-18(17)24-5-2)20(22)25-14(3)19(21)15-9-7-6-8-10-15/h6-14H,4-5H2,1-3H3. The topological polar surface area (TPSA) is 61.8 Å². The molecule has 1 atom stereocenters. The first-order valence-electron chi connectivity index (χ1n) is 8.26. The van der Waals surface area contributed by atoms with Crippen molar-refractivity contribution in [2.45, 2.75) is 26.9 Å². The van der Waals surface area contributed by atoms with E-state index < -0.39 is 12.1 Å². The summed E-state index contributed by atoms with van der Waals surface area (Å²) in [6.07, 6.45) is -0.878. The largest absolute Gasteiger partial charge is 0.490 e. The van der Waals surface area contributed by atoms with Gasteiger partial charge in [-0.05, 0) is 39.0 Å². The smallest absolute Gasteiger partial charge is 0.338 e. The first-order valence-corrected chi connectivity index (χ1v) is 8.26. The number of ether oxygens (including phenoxy) is 3. The number of benzene rings is 2. The van der Waals surface area contributed by atoms with E-state index in [1.165, 1.54) is 0 Å². The number of hydrogen-bond donors (Lipinski definition) is 0. The van der Waals surface area contributed by atoms with Gasteiger partial charge in [0.2, 0.25) is 5.78 Å². The summed E-state index contributed by atoms with van der Waals surface area (Å²) in [4.78, 5) is 24.6. The molecule has 2 rings (SSSR count). The van der Waals surface area contributed by atoms with E-state index in [-0.39, 0.29) is 5.78 Å². The number of Topliss-reactive ketones (excluding diaryl/α,β-unsaturated/α-hetero) is 1. The van der Waals surface area contributed by atoms with E-state index in [0.29, 0.717) is 35.8 Å². The fraction of sp³-hybridized carbons (Fsp3) is 0.300. The van der Waals surface area contributed by atoms with Gasteiger partial charge in [0.05, 0.1) is 18.8 Å². The van der Waals surface area contributed by atoms with Crippen LogP contribution >= 0.6 is 0 Å². The van der Waals surface area contributed by atoms with Gasteiger partial charge in [-0.2, -0.15) is 0 Å². The van der Waals surface area contributed by atoms with Gasteiger partial charge in [-0.3, -0.25) is 4.79 Å². The van der Waals surface area contributed by atoms with Gasteiger partial charge in [-0.1, -0.05) is 30.3 Å². The Balaban J connectivity index is 2.12. The second-order valence-electron chi connectivity index (χ2n) is 5.31. The van der Waals surface area contributed by atoms with Gasteiger partial charge in [0, 0.05) is 5.56 Å². The predicted molar refractivity (Wildman–Crippen MR) is 94.4 cm³/mol. The van der Waals surface area contributed by atoms with E-state index in [2.05, 4.69) is 0 Å². The quantitative estimate of drug-likeness (QED) is 0.537. The minimum absolute atomic E-state index is 0.245. The summed E-state index contributed by atoms with van der Waals surface area (Å²) in [7, 11) is 0. The number of esters is 1. The Labute approximate surface area is 147 Å².